The molecule has 1 aliphatic carbocycles. The molecule has 0 unspecified atom stereocenters. The highest BCUT2D eigenvalue weighted by Crippen LogP contribution is 2.38. The zero-order valence-corrected chi connectivity index (χ0v) is 15.6. The van der Waals surface area contributed by atoms with E-state index in [0.717, 1.165) is 44.7 Å². The maximum absolute atomic E-state index is 12.6. The van der Waals surface area contributed by atoms with Crippen molar-refractivity contribution in [2.75, 3.05) is 33.4 Å². The summed E-state index contributed by atoms with van der Waals surface area (Å²) in [5, 5.41) is 5.67. The van der Waals surface area contributed by atoms with Crippen LogP contribution in [0.15, 0.2) is 24.3 Å². The van der Waals surface area contributed by atoms with Crippen molar-refractivity contribution in [1.29, 1.82) is 0 Å². The predicted octanol–water partition coefficient (Wildman–Crippen LogP) is 1.70. The Bertz CT molecular complexity index is 635. The van der Waals surface area contributed by atoms with Crippen LogP contribution in [0.2, 0.25) is 0 Å². The molecule has 2 amide bonds. The van der Waals surface area contributed by atoms with Gasteiger partial charge in [0.2, 0.25) is 5.91 Å². The van der Waals surface area contributed by atoms with E-state index in [2.05, 4.69) is 15.5 Å². The molecule has 2 N–H and O–H groups in total. The molecule has 1 heterocycles. The molecule has 0 bridgehead atoms. The molecule has 1 saturated heterocycles. The van der Waals surface area contributed by atoms with Crippen molar-refractivity contribution in [2.45, 2.75) is 44.2 Å². The molecular formula is C20H29N3O3. The van der Waals surface area contributed by atoms with Gasteiger partial charge >= 0.3 is 0 Å². The van der Waals surface area contributed by atoms with Gasteiger partial charge in [0.15, 0.2) is 0 Å². The fraction of sp³-hybridized carbons (Fsp3) is 0.600. The van der Waals surface area contributed by atoms with Gasteiger partial charge in [-0.25, -0.2) is 0 Å². The first kappa shape index (κ1) is 18.9. The van der Waals surface area contributed by atoms with Crippen LogP contribution in [0.3, 0.4) is 0 Å². The number of carbonyl (C=O) groups is 2. The number of nitrogens with one attached hydrogen (secondary N) is 2. The van der Waals surface area contributed by atoms with Crippen molar-refractivity contribution in [3.8, 4) is 0 Å². The zero-order chi connectivity index (χ0) is 18.4. The number of nitrogens with zero attached hydrogens (tertiary/aromatic N) is 1. The lowest BCUT2D eigenvalue weighted by atomic mass is 9.90. The van der Waals surface area contributed by atoms with E-state index in [1.54, 1.807) is 13.1 Å². The molecule has 1 saturated carbocycles. The van der Waals surface area contributed by atoms with E-state index >= 15 is 0 Å². The lowest BCUT2D eigenvalue weighted by Gasteiger charge is -2.43. The average Bonchev–Trinajstić information content (AvgIpc) is 3.16. The van der Waals surface area contributed by atoms with Crippen LogP contribution >= 0.6 is 0 Å². The Morgan fingerprint density at radius 2 is 1.92 bits per heavy atom. The molecule has 6 heteroatoms. The summed E-state index contributed by atoms with van der Waals surface area (Å²) >= 11 is 0. The molecule has 0 radical (unpaired) electrons. The van der Waals surface area contributed by atoms with E-state index in [1.807, 2.05) is 18.2 Å². The highest BCUT2D eigenvalue weighted by Gasteiger charge is 2.41. The van der Waals surface area contributed by atoms with Gasteiger partial charge in [-0.1, -0.05) is 25.0 Å². The Morgan fingerprint density at radius 1 is 1.19 bits per heavy atom. The van der Waals surface area contributed by atoms with Gasteiger partial charge in [0.1, 0.15) is 0 Å². The molecule has 0 aromatic heterocycles. The van der Waals surface area contributed by atoms with E-state index in [9.17, 15) is 9.59 Å². The third-order valence-electron chi connectivity index (χ3n) is 5.61. The van der Waals surface area contributed by atoms with Gasteiger partial charge in [0.25, 0.3) is 5.91 Å². The second kappa shape index (κ2) is 8.64. The Morgan fingerprint density at radius 3 is 2.62 bits per heavy atom. The van der Waals surface area contributed by atoms with Crippen LogP contribution in [0.5, 0.6) is 0 Å². The van der Waals surface area contributed by atoms with Crippen molar-refractivity contribution in [3.05, 3.63) is 35.4 Å². The first-order valence-electron chi connectivity index (χ1n) is 9.53. The number of hydrogen-bond donors (Lipinski definition) is 2. The van der Waals surface area contributed by atoms with Crippen LogP contribution in [0.25, 0.3) is 0 Å². The quantitative estimate of drug-likeness (QED) is 0.811. The summed E-state index contributed by atoms with van der Waals surface area (Å²) < 4.78 is 5.48. The second-order valence-electron chi connectivity index (χ2n) is 7.26. The summed E-state index contributed by atoms with van der Waals surface area (Å²) in [5.74, 6) is -0.0286. The number of amides is 2. The third kappa shape index (κ3) is 4.43. The van der Waals surface area contributed by atoms with E-state index in [4.69, 9.17) is 4.74 Å². The maximum atomic E-state index is 12.6. The number of benzene rings is 1. The number of rotatable bonds is 6. The van der Waals surface area contributed by atoms with Gasteiger partial charge < -0.3 is 15.4 Å². The molecule has 6 nitrogen and oxygen atoms in total. The van der Waals surface area contributed by atoms with Gasteiger partial charge in [0, 0.05) is 44.2 Å². The minimum absolute atomic E-state index is 0.00217. The van der Waals surface area contributed by atoms with E-state index in [0.29, 0.717) is 18.5 Å². The monoisotopic (exact) mass is 359 g/mol. The summed E-state index contributed by atoms with van der Waals surface area (Å²) in [4.78, 5) is 26.9. The number of carbonyl (C=O) groups excluding carboxylic acids is 2. The van der Waals surface area contributed by atoms with Gasteiger partial charge in [-0.15, -0.1) is 0 Å². The maximum Gasteiger partial charge on any atom is 0.251 e. The molecule has 26 heavy (non-hydrogen) atoms. The number of hydrogen-bond acceptors (Lipinski definition) is 4. The van der Waals surface area contributed by atoms with Crippen LogP contribution < -0.4 is 10.6 Å². The fourth-order valence-corrected chi connectivity index (χ4v) is 4.20. The largest absolute Gasteiger partial charge is 0.379 e. The third-order valence-corrected chi connectivity index (χ3v) is 5.61. The Kier molecular flexibility index (Phi) is 6.27. The summed E-state index contributed by atoms with van der Waals surface area (Å²) in [7, 11) is 1.61. The number of ether oxygens (including phenoxy) is 1. The van der Waals surface area contributed by atoms with Crippen molar-refractivity contribution in [3.63, 3.8) is 0 Å². The molecule has 3 rings (SSSR count). The van der Waals surface area contributed by atoms with Crippen LogP contribution in [0.4, 0.5) is 0 Å². The van der Waals surface area contributed by atoms with Gasteiger partial charge in [0.05, 0.1) is 13.2 Å². The molecule has 0 spiro atoms. The molecule has 1 aromatic rings. The topological polar surface area (TPSA) is 70.7 Å². The normalized spacial score (nSPS) is 19.9. The molecule has 142 valence electrons. The standard InChI is InChI=1S/C20H29N3O3/c1-21-19(25)17-6-4-5-16(13-17)15-22-18(24)14-20(7-2-3-8-20)23-9-11-26-12-10-23/h4-6,13H,2-3,7-12,14-15H2,1H3,(H,21,25)(H,22,24). The molecule has 2 aliphatic rings. The summed E-state index contributed by atoms with van der Waals surface area (Å²) in [6, 6.07) is 7.38. The molecule has 1 aromatic carbocycles. The van der Waals surface area contributed by atoms with Crippen molar-refractivity contribution in [1.82, 2.24) is 15.5 Å². The highest BCUT2D eigenvalue weighted by atomic mass is 16.5. The molecule has 1 aliphatic heterocycles. The SMILES string of the molecule is CNC(=O)c1cccc(CNC(=O)CC2(N3CCOCC3)CCCC2)c1. The van der Waals surface area contributed by atoms with Crippen LogP contribution in [0.1, 0.15) is 48.0 Å². The minimum Gasteiger partial charge on any atom is -0.379 e. The molecule has 2 fully saturated rings. The zero-order valence-electron chi connectivity index (χ0n) is 15.6. The Balaban J connectivity index is 1.58. The van der Waals surface area contributed by atoms with Crippen molar-refractivity contribution in [2.24, 2.45) is 0 Å². The minimum atomic E-state index is -0.115. The van der Waals surface area contributed by atoms with Crippen LogP contribution in [-0.2, 0) is 16.1 Å². The first-order valence-corrected chi connectivity index (χ1v) is 9.53. The average molecular weight is 359 g/mol. The van der Waals surface area contributed by atoms with E-state index < -0.39 is 0 Å². The van der Waals surface area contributed by atoms with Crippen LogP contribution in [-0.4, -0.2) is 55.6 Å². The molecule has 0 atom stereocenters. The van der Waals surface area contributed by atoms with E-state index in [-0.39, 0.29) is 17.4 Å². The number of morpholine rings is 1. The van der Waals surface area contributed by atoms with Gasteiger partial charge in [-0.2, -0.15) is 0 Å². The smallest absolute Gasteiger partial charge is 0.251 e. The van der Waals surface area contributed by atoms with Crippen LogP contribution in [0, 0.1) is 0 Å². The van der Waals surface area contributed by atoms with Gasteiger partial charge in [-0.3, -0.25) is 14.5 Å². The van der Waals surface area contributed by atoms with E-state index in [1.165, 1.54) is 12.8 Å². The summed E-state index contributed by atoms with van der Waals surface area (Å²) in [5.41, 5.74) is 1.55. The summed E-state index contributed by atoms with van der Waals surface area (Å²) in [6.07, 6.45) is 5.11. The molecular weight excluding hydrogens is 330 g/mol. The Hall–Kier alpha value is -1.92. The lowest BCUT2D eigenvalue weighted by Crippen LogP contribution is -2.53. The lowest BCUT2D eigenvalue weighted by molar-refractivity contribution is -0.125. The first-order chi connectivity index (χ1) is 12.6. The Labute approximate surface area is 155 Å². The second-order valence-corrected chi connectivity index (χ2v) is 7.26. The summed E-state index contributed by atoms with van der Waals surface area (Å²) in [6.45, 7) is 3.80. The highest BCUT2D eigenvalue weighted by molar-refractivity contribution is 5.94. The van der Waals surface area contributed by atoms with Crippen molar-refractivity contribution >= 4 is 11.8 Å². The van der Waals surface area contributed by atoms with Gasteiger partial charge in [-0.05, 0) is 30.5 Å². The predicted molar refractivity (Wildman–Crippen MR) is 99.9 cm³/mol. The van der Waals surface area contributed by atoms with Crippen molar-refractivity contribution < 1.29 is 14.3 Å². The fourth-order valence-electron chi connectivity index (χ4n) is 4.20.